The van der Waals surface area contributed by atoms with E-state index >= 15 is 0 Å². The maximum absolute atomic E-state index is 12.4. The second-order valence-corrected chi connectivity index (χ2v) is 5.35. The number of nitrogens with zero attached hydrogens (tertiary/aromatic N) is 3. The predicted octanol–water partition coefficient (Wildman–Crippen LogP) is 0.790. The summed E-state index contributed by atoms with van der Waals surface area (Å²) in [6.07, 6.45) is 2.31. The zero-order valence-corrected chi connectivity index (χ0v) is 12.2. The lowest BCUT2D eigenvalue weighted by Gasteiger charge is -2.20. The van der Waals surface area contributed by atoms with Crippen LogP contribution in [-0.4, -0.2) is 59.5 Å². The van der Waals surface area contributed by atoms with E-state index in [9.17, 15) is 4.79 Å². The summed E-state index contributed by atoms with van der Waals surface area (Å²) in [6.45, 7) is 1.74. The average Bonchev–Trinajstić information content (AvgIpc) is 3.11. The van der Waals surface area contributed by atoms with Crippen molar-refractivity contribution >= 4 is 16.9 Å². The summed E-state index contributed by atoms with van der Waals surface area (Å²) in [4.78, 5) is 14.7. The molecule has 0 unspecified atom stereocenters. The van der Waals surface area contributed by atoms with Crippen LogP contribution in [0, 0.1) is 0 Å². The third kappa shape index (κ3) is 2.69. The van der Waals surface area contributed by atoms with Gasteiger partial charge in [0.1, 0.15) is 16.8 Å². The third-order valence-corrected chi connectivity index (χ3v) is 4.05. The summed E-state index contributed by atoms with van der Waals surface area (Å²) in [5.74, 6) is 0.366. The minimum atomic E-state index is -0.142. The molecule has 1 atom stereocenters. The summed E-state index contributed by atoms with van der Waals surface area (Å²) in [5.41, 5.74) is 1.82. The number of nitrogens with one attached hydrogen (secondary N) is 2. The van der Waals surface area contributed by atoms with E-state index in [-0.39, 0.29) is 5.91 Å². The summed E-state index contributed by atoms with van der Waals surface area (Å²) >= 11 is 0. The van der Waals surface area contributed by atoms with Crippen LogP contribution in [0.25, 0.3) is 11.0 Å². The number of benzene rings is 1. The van der Waals surface area contributed by atoms with Gasteiger partial charge in [0, 0.05) is 18.7 Å². The Bertz CT molecular complexity index is 654. The van der Waals surface area contributed by atoms with Gasteiger partial charge in [-0.25, -0.2) is 0 Å². The lowest BCUT2D eigenvalue weighted by Crippen LogP contribution is -2.38. The molecule has 112 valence electrons. The molecule has 2 aromatic rings. The number of H-pyrrole nitrogens is 1. The number of methoxy groups -OCH3 is 1. The van der Waals surface area contributed by atoms with Gasteiger partial charge in [-0.05, 0) is 32.5 Å². The topological polar surface area (TPSA) is 83.1 Å². The number of rotatable bonds is 4. The Balaban J connectivity index is 1.76. The number of aromatic amines is 1. The zero-order valence-electron chi connectivity index (χ0n) is 12.2. The molecule has 0 saturated carbocycles. The smallest absolute Gasteiger partial charge is 0.255 e. The van der Waals surface area contributed by atoms with Gasteiger partial charge in [-0.3, -0.25) is 4.79 Å². The fourth-order valence-electron chi connectivity index (χ4n) is 2.76. The van der Waals surface area contributed by atoms with Crippen molar-refractivity contribution in [1.29, 1.82) is 0 Å². The molecule has 1 aliphatic rings. The van der Waals surface area contributed by atoms with Gasteiger partial charge in [-0.15, -0.1) is 0 Å². The summed E-state index contributed by atoms with van der Waals surface area (Å²) in [7, 11) is 3.63. The largest absolute Gasteiger partial charge is 0.496 e. The standard InChI is InChI=1S/C14H19N5O2/c1-19-5-3-4-9(19)8-15-14(20)10-6-11-12(17-18-16-11)7-13(10)21-2/h6-7,9H,3-5,8H2,1-2H3,(H,15,20)(H,16,17,18)/t9-/m1/s1. The van der Waals surface area contributed by atoms with Crippen LogP contribution < -0.4 is 10.1 Å². The van der Waals surface area contributed by atoms with Crippen molar-refractivity contribution in [2.45, 2.75) is 18.9 Å². The predicted molar refractivity (Wildman–Crippen MR) is 78.4 cm³/mol. The molecule has 7 heteroatoms. The van der Waals surface area contributed by atoms with Gasteiger partial charge in [0.25, 0.3) is 5.91 Å². The molecule has 1 fully saturated rings. The maximum Gasteiger partial charge on any atom is 0.255 e. The number of hydrogen-bond acceptors (Lipinski definition) is 5. The van der Waals surface area contributed by atoms with E-state index in [0.29, 0.717) is 34.9 Å². The van der Waals surface area contributed by atoms with Gasteiger partial charge >= 0.3 is 0 Å². The van der Waals surface area contributed by atoms with Gasteiger partial charge in [0.05, 0.1) is 12.7 Å². The number of carbonyl (C=O) groups excluding carboxylic acids is 1. The highest BCUT2D eigenvalue weighted by atomic mass is 16.5. The fourth-order valence-corrected chi connectivity index (χ4v) is 2.76. The molecule has 0 bridgehead atoms. The molecular weight excluding hydrogens is 270 g/mol. The molecule has 2 N–H and O–H groups in total. The molecule has 21 heavy (non-hydrogen) atoms. The Hall–Kier alpha value is -2.15. The van der Waals surface area contributed by atoms with E-state index in [0.717, 1.165) is 13.0 Å². The van der Waals surface area contributed by atoms with Gasteiger partial charge in [0.2, 0.25) is 0 Å². The average molecular weight is 289 g/mol. The molecule has 1 aromatic carbocycles. The molecular formula is C14H19N5O2. The number of amides is 1. The highest BCUT2D eigenvalue weighted by Crippen LogP contribution is 2.23. The molecule has 2 heterocycles. The fraction of sp³-hybridized carbons (Fsp3) is 0.500. The number of carbonyl (C=O) groups is 1. The highest BCUT2D eigenvalue weighted by molar-refractivity contribution is 6.00. The molecule has 3 rings (SSSR count). The minimum absolute atomic E-state index is 0.142. The summed E-state index contributed by atoms with van der Waals surface area (Å²) in [6, 6.07) is 3.83. The Kier molecular flexibility index (Phi) is 3.74. The molecule has 0 aliphatic carbocycles. The van der Waals surface area contributed by atoms with E-state index in [2.05, 4.69) is 32.7 Å². The number of fused-ring (bicyclic) bond motifs is 1. The first-order valence-electron chi connectivity index (χ1n) is 7.06. The molecule has 1 aliphatic heterocycles. The van der Waals surface area contributed by atoms with E-state index in [1.807, 2.05) is 0 Å². The Morgan fingerprint density at radius 3 is 2.90 bits per heavy atom. The van der Waals surface area contributed by atoms with Crippen molar-refractivity contribution in [3.63, 3.8) is 0 Å². The molecule has 1 amide bonds. The Morgan fingerprint density at radius 1 is 1.48 bits per heavy atom. The van der Waals surface area contributed by atoms with Crippen LogP contribution in [0.5, 0.6) is 5.75 Å². The van der Waals surface area contributed by atoms with Gasteiger partial charge < -0.3 is 15.0 Å². The van der Waals surface area contributed by atoms with E-state index in [1.54, 1.807) is 19.2 Å². The first-order valence-corrected chi connectivity index (χ1v) is 7.06. The van der Waals surface area contributed by atoms with E-state index in [4.69, 9.17) is 4.74 Å². The number of hydrogen-bond donors (Lipinski definition) is 2. The van der Waals surface area contributed by atoms with Crippen LogP contribution in [0.2, 0.25) is 0 Å². The van der Waals surface area contributed by atoms with Crippen molar-refractivity contribution < 1.29 is 9.53 Å². The van der Waals surface area contributed by atoms with Crippen molar-refractivity contribution in [3.8, 4) is 5.75 Å². The van der Waals surface area contributed by atoms with Gasteiger partial charge in [-0.2, -0.15) is 15.4 Å². The second kappa shape index (κ2) is 5.69. The van der Waals surface area contributed by atoms with E-state index < -0.39 is 0 Å². The Morgan fingerprint density at radius 2 is 2.24 bits per heavy atom. The highest BCUT2D eigenvalue weighted by Gasteiger charge is 2.22. The van der Waals surface area contributed by atoms with Gasteiger partial charge in [0.15, 0.2) is 0 Å². The van der Waals surface area contributed by atoms with Crippen LogP contribution in [0.15, 0.2) is 12.1 Å². The van der Waals surface area contributed by atoms with Crippen molar-refractivity contribution in [1.82, 2.24) is 25.6 Å². The quantitative estimate of drug-likeness (QED) is 0.869. The molecule has 7 nitrogen and oxygen atoms in total. The first-order chi connectivity index (χ1) is 10.2. The Labute approximate surface area is 122 Å². The number of aromatic nitrogens is 3. The second-order valence-electron chi connectivity index (χ2n) is 5.35. The third-order valence-electron chi connectivity index (χ3n) is 4.05. The number of likely N-dealkylation sites (tertiary alicyclic amines) is 1. The van der Waals surface area contributed by atoms with Crippen LogP contribution in [0.3, 0.4) is 0 Å². The first kappa shape index (κ1) is 13.8. The lowest BCUT2D eigenvalue weighted by atomic mass is 10.1. The monoisotopic (exact) mass is 289 g/mol. The maximum atomic E-state index is 12.4. The SMILES string of the molecule is COc1cc2n[nH]nc2cc1C(=O)NC[C@H]1CCCN1C. The van der Waals surface area contributed by atoms with Crippen LogP contribution in [0.1, 0.15) is 23.2 Å². The summed E-state index contributed by atoms with van der Waals surface area (Å²) < 4.78 is 5.28. The van der Waals surface area contributed by atoms with Crippen molar-refractivity contribution in [3.05, 3.63) is 17.7 Å². The molecule has 1 aromatic heterocycles. The molecule has 1 saturated heterocycles. The van der Waals surface area contributed by atoms with Crippen LogP contribution in [-0.2, 0) is 0 Å². The minimum Gasteiger partial charge on any atom is -0.496 e. The molecule has 0 spiro atoms. The van der Waals surface area contributed by atoms with Crippen molar-refractivity contribution in [2.75, 3.05) is 27.2 Å². The zero-order chi connectivity index (χ0) is 14.8. The van der Waals surface area contributed by atoms with Crippen molar-refractivity contribution in [2.24, 2.45) is 0 Å². The number of likely N-dealkylation sites (N-methyl/N-ethyl adjacent to an activating group) is 1. The molecule has 0 radical (unpaired) electrons. The van der Waals surface area contributed by atoms with Gasteiger partial charge in [-0.1, -0.05) is 0 Å². The normalized spacial score (nSPS) is 19.0. The van der Waals surface area contributed by atoms with E-state index in [1.165, 1.54) is 6.42 Å². The van der Waals surface area contributed by atoms with Crippen LogP contribution in [0.4, 0.5) is 0 Å². The summed E-state index contributed by atoms with van der Waals surface area (Å²) in [5, 5.41) is 13.5. The number of ether oxygens (including phenoxy) is 1. The lowest BCUT2D eigenvalue weighted by molar-refractivity contribution is 0.0941. The van der Waals surface area contributed by atoms with Crippen LogP contribution >= 0.6 is 0 Å².